The molecule has 8 N–H and O–H groups in total. The molecule has 4 aromatic carbocycles. The Hall–Kier alpha value is -9.54. The first-order valence-corrected chi connectivity index (χ1v) is 40.7. The smallest absolute Gasteiger partial charge is 0.741 e. The van der Waals surface area contributed by atoms with Crippen LogP contribution in [0.3, 0.4) is 0 Å². The maximum absolute atomic E-state index is 12.2. The molecule has 8 aromatic heterocycles. The molecule has 0 aliphatic heterocycles. The molecule has 30 nitrogen and oxygen atoms in total. The van der Waals surface area contributed by atoms with Crippen LogP contribution in [-0.4, -0.2) is 161 Å². The topological polar surface area (TPSA) is 553 Å². The van der Waals surface area contributed by atoms with Gasteiger partial charge in [0, 0.05) is 65.6 Å². The maximum atomic E-state index is 12.2. The van der Waals surface area contributed by atoms with Crippen molar-refractivity contribution in [3.8, 4) is 45.6 Å². The van der Waals surface area contributed by atoms with E-state index in [2.05, 4.69) is 19.9 Å². The second-order valence-electron chi connectivity index (χ2n) is 22.4. The molecule has 58 heteroatoms. The number of hydrogen-bond donors (Lipinski definition) is 2. The van der Waals surface area contributed by atoms with Crippen LogP contribution < -0.4 is 0 Å². The van der Waals surface area contributed by atoms with Gasteiger partial charge < -0.3 is 48.5 Å². The van der Waals surface area contributed by atoms with Crippen molar-refractivity contribution in [3.63, 3.8) is 0 Å². The summed E-state index contributed by atoms with van der Waals surface area (Å²) in [6.45, 7) is 0. The zero-order valence-electron chi connectivity index (χ0n) is 63.5. The summed E-state index contributed by atoms with van der Waals surface area (Å²) in [6, 6.07) is 87.9. The standard InChI is InChI=1S/2C27H20N4O.2C6H6.6CHF3O3S.2Co.2H2O.2Re/c2*32-27(20-10-2-1-3-11-20,25-16-8-14-23(30-25)21-12-4-6-18-28-21)26-17-9-15-24(31-26)22-13-5-7-19-29-22;2*1-2-4-6-5-3-1;6*2-1(3,4)8(5,6)7;;;;;;/h2*1-19,32H;2*1-6H;6*(H,5,6,7);;;2*1H2;;/q;;;;;;;;;;2*+2;;;;/p-4. The molecular weight excluding hydrogens is 2350 g/mol. The van der Waals surface area contributed by atoms with E-state index >= 15 is 0 Å². The molecule has 0 amide bonds. The predicted octanol–water partition coefficient (Wildman–Crippen LogP) is 11.6. The average Bonchev–Trinajstić information content (AvgIpc) is 0.760. The third-order valence-corrected chi connectivity index (χ3v) is 17.0. The Bertz CT molecular complexity index is 5250. The molecule has 0 atom stereocenters. The van der Waals surface area contributed by atoms with Crippen LogP contribution in [0.4, 0.5) is 79.0 Å². The van der Waals surface area contributed by atoms with Crippen molar-refractivity contribution in [2.24, 2.45) is 0 Å². The maximum Gasteiger partial charge on any atom is 2.00 e. The molecule has 4 radical (unpaired) electrons. The van der Waals surface area contributed by atoms with Crippen LogP contribution in [0.25, 0.3) is 45.6 Å². The number of benzene rings is 4. The largest absolute Gasteiger partial charge is 2.00 e. The number of halogens is 18. The molecule has 12 aromatic rings. The minimum absolute atomic E-state index is 0. The van der Waals surface area contributed by atoms with E-state index in [4.69, 9.17) is 97.8 Å². The van der Waals surface area contributed by atoms with Gasteiger partial charge >= 0.3 is 66.6 Å². The van der Waals surface area contributed by atoms with Gasteiger partial charge in [-0.15, -0.1) is 0 Å². The van der Waals surface area contributed by atoms with Crippen molar-refractivity contribution in [1.82, 2.24) is 39.9 Å². The van der Waals surface area contributed by atoms with Gasteiger partial charge in [-0.3, -0.25) is 19.9 Å². The van der Waals surface area contributed by atoms with Crippen molar-refractivity contribution < 1.29 is 252 Å². The normalized spacial score (nSPS) is 11.5. The van der Waals surface area contributed by atoms with Gasteiger partial charge in [0.1, 0.15) is 0 Å². The number of nitrogens with zero attached hydrogens (tertiary/aromatic N) is 8. The number of pyridine rings is 8. The van der Waals surface area contributed by atoms with Gasteiger partial charge in [-0.25, -0.2) is 70.4 Å². The van der Waals surface area contributed by atoms with Gasteiger partial charge in [-0.2, -0.15) is 79.0 Å². The van der Waals surface area contributed by atoms with E-state index in [1.54, 1.807) is 24.8 Å². The van der Waals surface area contributed by atoms with Crippen LogP contribution in [0.1, 0.15) is 33.9 Å². The summed E-state index contributed by atoms with van der Waals surface area (Å²) in [5.74, 6) is 0. The number of aromatic nitrogens is 8. The third kappa shape index (κ3) is 42.3. The number of aliphatic hydroxyl groups is 2. The Kier molecular flexibility index (Phi) is 53.7. The summed E-state index contributed by atoms with van der Waals surface area (Å²) in [5, 5.41) is 24.4. The molecule has 0 unspecified atom stereocenters. The molecule has 130 heavy (non-hydrogen) atoms. The zero-order chi connectivity index (χ0) is 94.1. The molecule has 0 spiro atoms. The van der Waals surface area contributed by atoms with Gasteiger partial charge in [0.25, 0.3) is 0 Å². The fraction of sp³-hybridized carbons (Fsp3) is 0.111. The van der Waals surface area contributed by atoms with E-state index in [0.717, 1.165) is 22.8 Å². The SMILES string of the molecule is O=S(=O)([O-])C(F)(F)F.O=S(=O)([O-])C(F)(F)F.O=S(=O)([O-])C(F)(F)F.O=S(=O)([O-])C(F)(F)F.O=S(=O)([O-])C(F)(F)F.O=S(=O)([O-])C(F)(F)F.OC(c1ccccc1)(c1cccc(-c2ccccn2)n1)c1cccc(-c2ccccn2)n1.OC(c1ccccc1)(c1cccc(-c2ccccn2)n1)c1cccc(-c2ccccn2)n1.[Co+2].[Co+2].[OH3+].[OH3+].[Re].[Re].c1ccccc1.c1ccccc1. The van der Waals surface area contributed by atoms with Crippen molar-refractivity contribution in [1.29, 1.82) is 0 Å². The summed E-state index contributed by atoms with van der Waals surface area (Å²) in [4.78, 5) is 36.8. The van der Waals surface area contributed by atoms with Gasteiger partial charge in [-0.05, 0) is 108 Å². The Morgan fingerprint density at radius 2 is 0.331 bits per heavy atom. The van der Waals surface area contributed by atoms with Crippen LogP contribution in [0.15, 0.2) is 304 Å². The summed E-state index contributed by atoms with van der Waals surface area (Å²) in [6.07, 6.45) is 6.91. The quantitative estimate of drug-likeness (QED) is 0.0556. The van der Waals surface area contributed by atoms with Crippen LogP contribution >= 0.6 is 0 Å². The summed E-state index contributed by atoms with van der Waals surface area (Å²) < 4.78 is 353. The minimum Gasteiger partial charge on any atom is -0.741 e. The molecule has 0 aliphatic rings. The van der Waals surface area contributed by atoms with Crippen molar-refractivity contribution in [3.05, 3.63) is 338 Å². The molecule has 0 fully saturated rings. The van der Waals surface area contributed by atoms with Crippen molar-refractivity contribution in [2.45, 2.75) is 44.3 Å². The third-order valence-electron chi connectivity index (χ3n) is 13.6. The molecule has 0 bridgehead atoms. The second kappa shape index (κ2) is 55.1. The van der Waals surface area contributed by atoms with Crippen molar-refractivity contribution in [2.75, 3.05) is 0 Å². The van der Waals surface area contributed by atoms with E-state index in [-0.39, 0.29) is 85.4 Å². The van der Waals surface area contributed by atoms with Crippen LogP contribution in [0.5, 0.6) is 0 Å². The van der Waals surface area contributed by atoms with E-state index in [1.165, 1.54) is 0 Å². The van der Waals surface area contributed by atoms with Gasteiger partial charge in [-0.1, -0.05) is 182 Å². The fourth-order valence-corrected chi connectivity index (χ4v) is 8.16. The number of rotatable bonds is 10. The second-order valence-corrected chi connectivity index (χ2v) is 30.6. The van der Waals surface area contributed by atoms with Crippen molar-refractivity contribution >= 4 is 60.7 Å². The first kappa shape index (κ1) is 127. The Morgan fingerprint density at radius 1 is 0.208 bits per heavy atom. The molecule has 0 saturated heterocycles. The van der Waals surface area contributed by atoms with E-state index in [9.17, 15) is 89.2 Å². The van der Waals surface area contributed by atoms with E-state index < -0.39 is 105 Å². The Balaban J connectivity index is -0.000000741. The molecule has 12 rings (SSSR count). The molecule has 0 saturated carbocycles. The minimum atomic E-state index is -6.09. The summed E-state index contributed by atoms with van der Waals surface area (Å²) >= 11 is 0. The monoisotopic (exact) mass is 2410 g/mol. The van der Waals surface area contributed by atoms with Crippen LogP contribution in [0.2, 0.25) is 0 Å². The molecule has 712 valence electrons. The van der Waals surface area contributed by atoms with Crippen LogP contribution in [0, 0.1) is 0 Å². The summed E-state index contributed by atoms with van der Waals surface area (Å²) in [5.41, 5.74) is -28.1. The molecule has 8 heterocycles. The van der Waals surface area contributed by atoms with Crippen LogP contribution in [-0.2, 0) is 157 Å². The number of alkyl halides is 18. The predicted molar refractivity (Wildman–Crippen MR) is 404 cm³/mol. The van der Waals surface area contributed by atoms with Gasteiger partial charge in [0.05, 0.1) is 68.3 Å². The average molecular weight is 2410 g/mol. The molecule has 0 aliphatic carbocycles. The van der Waals surface area contributed by atoms with E-state index in [0.29, 0.717) is 56.7 Å². The van der Waals surface area contributed by atoms with Gasteiger partial charge in [0.2, 0.25) is 0 Å². The van der Waals surface area contributed by atoms with E-state index in [1.807, 2.05) is 279 Å². The Labute approximate surface area is 774 Å². The number of hydrogen-bond acceptors (Lipinski definition) is 28. The first-order chi connectivity index (χ1) is 57.0. The fourth-order valence-electron chi connectivity index (χ4n) is 8.16. The zero-order valence-corrected chi connectivity index (χ0v) is 75.9. The van der Waals surface area contributed by atoms with Gasteiger partial charge in [0.15, 0.2) is 71.9 Å². The summed E-state index contributed by atoms with van der Waals surface area (Å²) in [7, 11) is -36.5. The molecular formula is C72H58Co2F18N8O22Re2S6. The first-order valence-electron chi connectivity index (χ1n) is 32.2. The Morgan fingerprint density at radius 3 is 0.454 bits per heavy atom.